The lowest BCUT2D eigenvalue weighted by atomic mass is 10.4. The van der Waals surface area contributed by atoms with Crippen LogP contribution >= 0.6 is 23.2 Å². The van der Waals surface area contributed by atoms with Crippen molar-refractivity contribution in [2.75, 3.05) is 19.6 Å². The van der Waals surface area contributed by atoms with Gasteiger partial charge in [0.05, 0.1) is 24.3 Å². The SMILES string of the molecule is COC(=O)Nn1ccc(Cl)c1C(=O)OC.N.O=c1[nH]c(=O)c2c(Cl)ccn2[nH]1. The van der Waals surface area contributed by atoms with Crippen LogP contribution in [0.5, 0.6) is 0 Å². The highest BCUT2D eigenvalue weighted by molar-refractivity contribution is 6.34. The van der Waals surface area contributed by atoms with Gasteiger partial charge in [-0.1, -0.05) is 23.2 Å². The van der Waals surface area contributed by atoms with Gasteiger partial charge in [0.2, 0.25) is 0 Å². The van der Waals surface area contributed by atoms with Gasteiger partial charge in [0.15, 0.2) is 5.69 Å². The predicted molar refractivity (Wildman–Crippen MR) is 101 cm³/mol. The highest BCUT2D eigenvalue weighted by Crippen LogP contribution is 2.17. The van der Waals surface area contributed by atoms with Gasteiger partial charge in [0.25, 0.3) is 5.56 Å². The zero-order chi connectivity index (χ0) is 20.1. The molecule has 0 fully saturated rings. The number of carbonyl (C=O) groups is 2. The first-order chi connectivity index (χ1) is 12.8. The summed E-state index contributed by atoms with van der Waals surface area (Å²) in [6.07, 6.45) is 2.20. The Morgan fingerprint density at radius 2 is 1.71 bits per heavy atom. The number of halogens is 2. The van der Waals surface area contributed by atoms with Crippen molar-refractivity contribution in [3.8, 4) is 0 Å². The Kier molecular flexibility index (Phi) is 7.86. The molecule has 0 radical (unpaired) electrons. The number of hydrogen-bond donors (Lipinski definition) is 4. The Labute approximate surface area is 166 Å². The molecule has 0 aliphatic carbocycles. The molecule has 1 amide bonds. The highest BCUT2D eigenvalue weighted by atomic mass is 35.5. The highest BCUT2D eigenvalue weighted by Gasteiger charge is 2.17. The van der Waals surface area contributed by atoms with Crippen LogP contribution in [0.25, 0.3) is 5.52 Å². The topological polar surface area (TPSA) is 175 Å². The number of nitrogens with one attached hydrogen (secondary N) is 3. The van der Waals surface area contributed by atoms with Crippen molar-refractivity contribution in [2.45, 2.75) is 0 Å². The van der Waals surface area contributed by atoms with Crippen molar-refractivity contribution in [2.24, 2.45) is 0 Å². The van der Waals surface area contributed by atoms with Gasteiger partial charge in [-0.3, -0.25) is 14.3 Å². The summed E-state index contributed by atoms with van der Waals surface area (Å²) in [5.41, 5.74) is 1.50. The second kappa shape index (κ2) is 9.64. The Balaban J connectivity index is 0.000000275. The fourth-order valence-corrected chi connectivity index (χ4v) is 2.42. The molecule has 0 unspecified atom stereocenters. The van der Waals surface area contributed by atoms with E-state index >= 15 is 0 Å². The van der Waals surface area contributed by atoms with Gasteiger partial charge in [-0.25, -0.2) is 29.6 Å². The minimum atomic E-state index is -0.715. The minimum absolute atomic E-state index is 0. The fourth-order valence-electron chi connectivity index (χ4n) is 1.96. The van der Waals surface area contributed by atoms with Crippen LogP contribution in [0.1, 0.15) is 10.5 Å². The molecule has 0 aliphatic rings. The van der Waals surface area contributed by atoms with Crippen LogP contribution < -0.4 is 22.8 Å². The largest absolute Gasteiger partial charge is 0.464 e. The van der Waals surface area contributed by atoms with Gasteiger partial charge < -0.3 is 15.6 Å². The van der Waals surface area contributed by atoms with Crippen LogP contribution in [0.2, 0.25) is 10.0 Å². The van der Waals surface area contributed by atoms with Gasteiger partial charge >= 0.3 is 17.8 Å². The molecule has 0 bridgehead atoms. The van der Waals surface area contributed by atoms with E-state index in [4.69, 9.17) is 23.2 Å². The second-order valence-electron chi connectivity index (χ2n) is 4.75. The number of ether oxygens (including phenoxy) is 2. The maximum Gasteiger partial charge on any atom is 0.426 e. The van der Waals surface area contributed by atoms with Crippen LogP contribution in [-0.2, 0) is 9.47 Å². The van der Waals surface area contributed by atoms with Crippen molar-refractivity contribution in [1.82, 2.24) is 25.4 Å². The molecule has 152 valence electrons. The average molecular weight is 435 g/mol. The third kappa shape index (κ3) is 4.94. The Morgan fingerprint density at radius 1 is 1.07 bits per heavy atom. The van der Waals surface area contributed by atoms with Crippen molar-refractivity contribution in [1.29, 1.82) is 0 Å². The number of rotatable bonds is 2. The van der Waals surface area contributed by atoms with Crippen LogP contribution in [0.15, 0.2) is 34.1 Å². The number of aromatic nitrogens is 4. The minimum Gasteiger partial charge on any atom is -0.464 e. The second-order valence-corrected chi connectivity index (χ2v) is 5.57. The van der Waals surface area contributed by atoms with Crippen LogP contribution in [0, 0.1) is 0 Å². The summed E-state index contributed by atoms with van der Waals surface area (Å²) in [6, 6.07) is 2.98. The molecule has 0 saturated carbocycles. The van der Waals surface area contributed by atoms with E-state index in [9.17, 15) is 19.2 Å². The lowest BCUT2D eigenvalue weighted by Crippen LogP contribution is -2.25. The smallest absolute Gasteiger partial charge is 0.426 e. The Morgan fingerprint density at radius 3 is 2.32 bits per heavy atom. The standard InChI is InChI=1S/C8H9ClN2O4.C6H4ClN3O2.H3N/c1-14-7(12)6-5(9)3-4-11(6)10-8(13)15-2;7-3-1-2-10-4(3)5(11)8-6(12)9-10;/h3-4H,1-2H3,(H,10,13);1-2H,(H2,8,9,11,12);1H3. The van der Waals surface area contributed by atoms with E-state index in [0.717, 1.165) is 4.68 Å². The first-order valence-electron chi connectivity index (χ1n) is 7.07. The number of methoxy groups -OCH3 is 2. The first-order valence-corrected chi connectivity index (χ1v) is 7.83. The maximum atomic E-state index is 11.3. The van der Waals surface area contributed by atoms with E-state index < -0.39 is 23.3 Å². The third-order valence-electron chi connectivity index (χ3n) is 3.11. The first kappa shape index (κ1) is 22.8. The number of aromatic amines is 2. The summed E-state index contributed by atoms with van der Waals surface area (Å²) in [6.45, 7) is 0. The van der Waals surface area contributed by atoms with E-state index in [1.54, 1.807) is 0 Å². The molecule has 0 saturated heterocycles. The zero-order valence-corrected chi connectivity index (χ0v) is 16.1. The number of esters is 1. The third-order valence-corrected chi connectivity index (χ3v) is 3.72. The Hall–Kier alpha value is -3.22. The molecule has 3 aromatic heterocycles. The summed E-state index contributed by atoms with van der Waals surface area (Å²) in [5, 5.41) is 2.86. The molecule has 6 N–H and O–H groups in total. The molecule has 0 atom stereocenters. The summed E-state index contributed by atoms with van der Waals surface area (Å²) in [5.74, 6) is -0.651. The van der Waals surface area contributed by atoms with Crippen molar-refractivity contribution in [3.63, 3.8) is 0 Å². The molecule has 3 rings (SSSR count). The Bertz CT molecular complexity index is 1100. The number of H-pyrrole nitrogens is 2. The fraction of sp³-hybridized carbons (Fsp3) is 0.143. The zero-order valence-electron chi connectivity index (χ0n) is 14.6. The van der Waals surface area contributed by atoms with Crippen molar-refractivity contribution < 1.29 is 19.1 Å². The molecule has 14 heteroatoms. The van der Waals surface area contributed by atoms with E-state index in [2.05, 4.69) is 25.0 Å². The summed E-state index contributed by atoms with van der Waals surface area (Å²) in [7, 11) is 2.42. The molecule has 0 aromatic carbocycles. The normalized spacial score (nSPS) is 9.71. The lowest BCUT2D eigenvalue weighted by Gasteiger charge is -2.08. The van der Waals surface area contributed by atoms with Gasteiger partial charge in [-0.05, 0) is 12.1 Å². The summed E-state index contributed by atoms with van der Waals surface area (Å²) >= 11 is 11.4. The van der Waals surface area contributed by atoms with E-state index in [1.807, 2.05) is 0 Å². The van der Waals surface area contributed by atoms with E-state index in [-0.39, 0.29) is 22.4 Å². The number of hydrogen-bond acceptors (Lipinski definition) is 7. The molecular formula is C14H16Cl2N6O6. The number of nitrogens with zero attached hydrogens (tertiary/aromatic N) is 2. The molecule has 3 heterocycles. The maximum absolute atomic E-state index is 11.3. The summed E-state index contributed by atoms with van der Waals surface area (Å²) < 4.78 is 11.3. The predicted octanol–water partition coefficient (Wildman–Crippen LogP) is 1.37. The van der Waals surface area contributed by atoms with Crippen molar-refractivity contribution in [3.05, 3.63) is 61.1 Å². The molecular weight excluding hydrogens is 419 g/mol. The monoisotopic (exact) mass is 434 g/mol. The molecule has 3 aromatic rings. The molecule has 12 nitrogen and oxygen atoms in total. The van der Waals surface area contributed by atoms with Crippen molar-refractivity contribution >= 4 is 40.8 Å². The average Bonchev–Trinajstić information content (AvgIpc) is 3.17. The molecule has 28 heavy (non-hydrogen) atoms. The number of fused-ring (bicyclic) bond motifs is 1. The molecule has 0 aliphatic heterocycles. The molecule has 0 spiro atoms. The van der Waals surface area contributed by atoms with Crippen LogP contribution in [-0.4, -0.2) is 45.6 Å². The van der Waals surface area contributed by atoms with E-state index in [1.165, 1.54) is 43.3 Å². The van der Waals surface area contributed by atoms with Gasteiger partial charge in [0, 0.05) is 12.4 Å². The van der Waals surface area contributed by atoms with Crippen LogP contribution in [0.3, 0.4) is 0 Å². The van der Waals surface area contributed by atoms with Gasteiger partial charge in [-0.15, -0.1) is 0 Å². The quantitative estimate of drug-likeness (QED) is 0.440. The number of amides is 1. The van der Waals surface area contributed by atoms with Gasteiger partial charge in [-0.2, -0.15) is 0 Å². The van der Waals surface area contributed by atoms with Crippen LogP contribution in [0.4, 0.5) is 4.79 Å². The summed E-state index contributed by atoms with van der Waals surface area (Å²) in [4.78, 5) is 46.1. The van der Waals surface area contributed by atoms with Gasteiger partial charge in [0.1, 0.15) is 5.52 Å². The number of carbonyl (C=O) groups excluding carboxylic acids is 2. The lowest BCUT2D eigenvalue weighted by molar-refractivity contribution is 0.0590. The van der Waals surface area contributed by atoms with E-state index in [0.29, 0.717) is 5.02 Å².